The van der Waals surface area contributed by atoms with Crippen LogP contribution in [0.25, 0.3) is 0 Å². The van der Waals surface area contributed by atoms with Gasteiger partial charge in [0.25, 0.3) is 0 Å². The van der Waals surface area contributed by atoms with Gasteiger partial charge < -0.3 is 15.2 Å². The summed E-state index contributed by atoms with van der Waals surface area (Å²) < 4.78 is 0. The first-order valence-corrected chi connectivity index (χ1v) is 9.09. The van der Waals surface area contributed by atoms with Gasteiger partial charge in [-0.1, -0.05) is 51.4 Å². The molecule has 0 unspecified atom stereocenters. The number of aliphatic carboxylic acids is 1. The molecule has 0 aliphatic heterocycles. The molecule has 0 aromatic heterocycles. The van der Waals surface area contributed by atoms with Crippen molar-refractivity contribution in [1.29, 1.82) is 0 Å². The van der Waals surface area contributed by atoms with Gasteiger partial charge in [0, 0.05) is 25.8 Å². The first-order chi connectivity index (χ1) is 11.2. The number of carboxylic acid groups (broad SMARTS) is 1. The van der Waals surface area contributed by atoms with Gasteiger partial charge >= 0.3 is 5.97 Å². The van der Waals surface area contributed by atoms with Crippen LogP contribution in [0.15, 0.2) is 0 Å². The van der Waals surface area contributed by atoms with Crippen LogP contribution in [-0.4, -0.2) is 29.8 Å². The molecule has 0 heterocycles. The molecule has 0 saturated heterocycles. The number of carbonyl (C=O) groups is 3. The molecule has 0 aromatic carbocycles. The number of unbranched alkanes of at least 4 members (excludes halogenated alkanes) is 10. The van der Waals surface area contributed by atoms with Gasteiger partial charge in [0.2, 0.25) is 5.91 Å². The molecule has 2 N–H and O–H groups in total. The number of carbonyl (C=O) groups excluding carboxylic acids is 2. The Morgan fingerprint density at radius 1 is 0.739 bits per heavy atom. The lowest BCUT2D eigenvalue weighted by atomic mass is 10.1. The summed E-state index contributed by atoms with van der Waals surface area (Å²) in [5, 5.41) is 11.3. The van der Waals surface area contributed by atoms with E-state index in [1.54, 1.807) is 0 Å². The van der Waals surface area contributed by atoms with Gasteiger partial charge in [-0.05, 0) is 19.3 Å². The first-order valence-electron chi connectivity index (χ1n) is 9.09. The van der Waals surface area contributed by atoms with Crippen molar-refractivity contribution in [2.45, 2.75) is 89.9 Å². The summed E-state index contributed by atoms with van der Waals surface area (Å²) in [5.41, 5.74) is 0. The van der Waals surface area contributed by atoms with Crippen LogP contribution in [0.1, 0.15) is 89.9 Å². The largest absolute Gasteiger partial charge is 0.481 e. The van der Waals surface area contributed by atoms with E-state index in [0.717, 1.165) is 44.8 Å². The van der Waals surface area contributed by atoms with Crippen molar-refractivity contribution < 1.29 is 19.5 Å². The quantitative estimate of drug-likeness (QED) is 0.314. The van der Waals surface area contributed by atoms with Crippen LogP contribution in [0.5, 0.6) is 0 Å². The average Bonchev–Trinajstić information content (AvgIpc) is 2.52. The van der Waals surface area contributed by atoms with Gasteiger partial charge in [0.05, 0.1) is 0 Å². The van der Waals surface area contributed by atoms with Gasteiger partial charge in [-0.15, -0.1) is 0 Å². The second kappa shape index (κ2) is 17.0. The molecule has 5 heteroatoms. The maximum atomic E-state index is 11.5. The lowest BCUT2D eigenvalue weighted by molar-refractivity contribution is -0.137. The molecule has 0 spiro atoms. The summed E-state index contributed by atoms with van der Waals surface area (Å²) >= 11 is 0. The summed E-state index contributed by atoms with van der Waals surface area (Å²) in [4.78, 5) is 31.9. The van der Waals surface area contributed by atoms with Crippen LogP contribution in [-0.2, 0) is 14.4 Å². The zero-order chi connectivity index (χ0) is 17.2. The highest BCUT2D eigenvalue weighted by Gasteiger charge is 2.00. The average molecular weight is 327 g/mol. The Hall–Kier alpha value is -1.39. The zero-order valence-corrected chi connectivity index (χ0v) is 14.4. The molecule has 0 aliphatic rings. The van der Waals surface area contributed by atoms with Crippen LogP contribution in [0.4, 0.5) is 0 Å². The number of nitrogens with one attached hydrogen (secondary N) is 1. The van der Waals surface area contributed by atoms with Gasteiger partial charge in [0.1, 0.15) is 6.29 Å². The fraction of sp³-hybridized carbons (Fsp3) is 0.833. The van der Waals surface area contributed by atoms with Gasteiger partial charge in [-0.3, -0.25) is 9.59 Å². The topological polar surface area (TPSA) is 83.5 Å². The zero-order valence-electron chi connectivity index (χ0n) is 14.4. The van der Waals surface area contributed by atoms with Crippen LogP contribution in [0, 0.1) is 0 Å². The molecule has 23 heavy (non-hydrogen) atoms. The van der Waals surface area contributed by atoms with Crippen LogP contribution in [0.2, 0.25) is 0 Å². The van der Waals surface area contributed by atoms with E-state index in [2.05, 4.69) is 5.32 Å². The Morgan fingerprint density at radius 3 is 1.70 bits per heavy atom. The standard InChI is InChI=1S/C18H33NO4/c20-16-12-11-15-19-17(21)13-9-7-5-3-1-2-4-6-8-10-14-18(22)23/h16H,1-15H2,(H,19,21)(H,22,23). The summed E-state index contributed by atoms with van der Waals surface area (Å²) in [5.74, 6) is -0.600. The molecular weight excluding hydrogens is 294 g/mol. The number of hydrogen-bond acceptors (Lipinski definition) is 3. The van der Waals surface area contributed by atoms with E-state index in [4.69, 9.17) is 5.11 Å². The molecule has 0 aliphatic carbocycles. The van der Waals surface area contributed by atoms with Crippen LogP contribution < -0.4 is 5.32 Å². The SMILES string of the molecule is O=CCCCNC(=O)CCCCCCCCCCCCC(=O)O. The van der Waals surface area contributed by atoms with Gasteiger partial charge in [0.15, 0.2) is 0 Å². The van der Waals surface area contributed by atoms with Gasteiger partial charge in [-0.25, -0.2) is 0 Å². The molecule has 1 amide bonds. The van der Waals surface area contributed by atoms with E-state index in [-0.39, 0.29) is 5.91 Å². The highest BCUT2D eigenvalue weighted by atomic mass is 16.4. The highest BCUT2D eigenvalue weighted by Crippen LogP contribution is 2.12. The molecule has 134 valence electrons. The van der Waals surface area contributed by atoms with E-state index in [1.165, 1.54) is 32.1 Å². The Labute approximate surface area is 140 Å². The maximum absolute atomic E-state index is 11.5. The minimum Gasteiger partial charge on any atom is -0.481 e. The van der Waals surface area contributed by atoms with Crippen LogP contribution >= 0.6 is 0 Å². The van der Waals surface area contributed by atoms with E-state index in [0.29, 0.717) is 25.8 Å². The fourth-order valence-corrected chi connectivity index (χ4v) is 2.48. The number of rotatable bonds is 17. The third-order valence-corrected chi connectivity index (χ3v) is 3.87. The molecule has 0 rings (SSSR count). The smallest absolute Gasteiger partial charge is 0.303 e. The van der Waals surface area contributed by atoms with Crippen LogP contribution in [0.3, 0.4) is 0 Å². The Kier molecular flexibility index (Phi) is 15.9. The van der Waals surface area contributed by atoms with E-state index in [9.17, 15) is 14.4 Å². The molecule has 0 bridgehead atoms. The van der Waals surface area contributed by atoms with Crippen molar-refractivity contribution in [2.75, 3.05) is 6.54 Å². The lowest BCUT2D eigenvalue weighted by Gasteiger charge is -2.04. The molecule has 0 atom stereocenters. The van der Waals surface area contributed by atoms with E-state index >= 15 is 0 Å². The fourth-order valence-electron chi connectivity index (χ4n) is 2.48. The monoisotopic (exact) mass is 327 g/mol. The Balaban J connectivity index is 3.14. The molecule has 0 fully saturated rings. The van der Waals surface area contributed by atoms with Crippen molar-refractivity contribution in [3.8, 4) is 0 Å². The number of hydrogen-bond donors (Lipinski definition) is 2. The number of carboxylic acids is 1. The predicted octanol–water partition coefficient (Wildman–Crippen LogP) is 3.85. The third kappa shape index (κ3) is 18.6. The highest BCUT2D eigenvalue weighted by molar-refractivity contribution is 5.75. The summed E-state index contributed by atoms with van der Waals surface area (Å²) in [7, 11) is 0. The molecule has 0 radical (unpaired) electrons. The molecule has 5 nitrogen and oxygen atoms in total. The van der Waals surface area contributed by atoms with E-state index < -0.39 is 5.97 Å². The van der Waals surface area contributed by atoms with Crippen molar-refractivity contribution >= 4 is 18.2 Å². The minimum absolute atomic E-state index is 0.0947. The second-order valence-electron chi connectivity index (χ2n) is 6.09. The first kappa shape index (κ1) is 21.6. The molecular formula is C18H33NO4. The molecule has 0 saturated carbocycles. The Bertz CT molecular complexity index is 318. The van der Waals surface area contributed by atoms with Gasteiger partial charge in [-0.2, -0.15) is 0 Å². The summed E-state index contributed by atoms with van der Waals surface area (Å²) in [6.07, 6.45) is 14.0. The molecule has 0 aromatic rings. The summed E-state index contributed by atoms with van der Waals surface area (Å²) in [6.45, 7) is 0.601. The number of amides is 1. The predicted molar refractivity (Wildman–Crippen MR) is 91.3 cm³/mol. The van der Waals surface area contributed by atoms with Crippen molar-refractivity contribution in [3.63, 3.8) is 0 Å². The maximum Gasteiger partial charge on any atom is 0.303 e. The van der Waals surface area contributed by atoms with Crippen molar-refractivity contribution in [1.82, 2.24) is 5.32 Å². The van der Waals surface area contributed by atoms with Crippen molar-refractivity contribution in [2.24, 2.45) is 0 Å². The normalized spacial score (nSPS) is 10.4. The second-order valence-corrected chi connectivity index (χ2v) is 6.09. The number of aldehydes is 1. The van der Waals surface area contributed by atoms with Crippen molar-refractivity contribution in [3.05, 3.63) is 0 Å². The Morgan fingerprint density at radius 2 is 1.22 bits per heavy atom. The lowest BCUT2D eigenvalue weighted by Crippen LogP contribution is -2.24. The van der Waals surface area contributed by atoms with E-state index in [1.807, 2.05) is 0 Å². The summed E-state index contributed by atoms with van der Waals surface area (Å²) in [6, 6.07) is 0. The third-order valence-electron chi connectivity index (χ3n) is 3.87. The minimum atomic E-state index is -0.695.